The number of halogens is 1. The highest BCUT2D eigenvalue weighted by atomic mass is 35.5. The Morgan fingerprint density at radius 3 is 2.82 bits per heavy atom. The third-order valence-corrected chi connectivity index (χ3v) is 3.65. The predicted octanol–water partition coefficient (Wildman–Crippen LogP) is 1.91. The molecule has 0 bridgehead atoms. The van der Waals surface area contributed by atoms with Gasteiger partial charge in [-0.2, -0.15) is 0 Å². The van der Waals surface area contributed by atoms with Crippen molar-refractivity contribution in [2.24, 2.45) is 5.92 Å². The summed E-state index contributed by atoms with van der Waals surface area (Å²) in [6.07, 6.45) is 5.70. The molecule has 1 aliphatic heterocycles. The van der Waals surface area contributed by atoms with Gasteiger partial charge in [0.05, 0.1) is 6.20 Å². The van der Waals surface area contributed by atoms with Crippen LogP contribution in [0.2, 0.25) is 5.02 Å². The van der Waals surface area contributed by atoms with Crippen molar-refractivity contribution < 1.29 is 0 Å². The van der Waals surface area contributed by atoms with Crippen LogP contribution in [-0.4, -0.2) is 48.6 Å². The van der Waals surface area contributed by atoms with E-state index in [-0.39, 0.29) is 0 Å². The van der Waals surface area contributed by atoms with E-state index in [9.17, 15) is 0 Å². The quantitative estimate of drug-likeness (QED) is 0.825. The highest BCUT2D eigenvalue weighted by Crippen LogP contribution is 2.23. The van der Waals surface area contributed by atoms with Crippen molar-refractivity contribution in [3.05, 3.63) is 17.5 Å². The molecule has 0 aromatic carbocycles. The van der Waals surface area contributed by atoms with Crippen molar-refractivity contribution in [1.82, 2.24) is 14.9 Å². The summed E-state index contributed by atoms with van der Waals surface area (Å²) < 4.78 is 0. The Hall–Kier alpha value is -0.870. The Bertz CT molecular complexity index is 363. The number of hydrogen-bond acceptors (Lipinski definition) is 4. The molecule has 0 aliphatic carbocycles. The molecular formula is C12H19ClN4. The second kappa shape index (κ2) is 5.65. The van der Waals surface area contributed by atoms with E-state index in [2.05, 4.69) is 26.8 Å². The average Bonchev–Trinajstić information content (AvgIpc) is 2.32. The van der Waals surface area contributed by atoms with Crippen LogP contribution in [-0.2, 0) is 0 Å². The maximum Gasteiger partial charge on any atom is 0.150 e. The molecule has 2 rings (SSSR count). The molecule has 2 heterocycles. The van der Waals surface area contributed by atoms with Gasteiger partial charge in [0.15, 0.2) is 5.82 Å². The van der Waals surface area contributed by atoms with Gasteiger partial charge < -0.3 is 9.80 Å². The summed E-state index contributed by atoms with van der Waals surface area (Å²) in [6.45, 7) is 3.40. The first kappa shape index (κ1) is 12.6. The van der Waals surface area contributed by atoms with Crippen LogP contribution in [0.1, 0.15) is 12.8 Å². The fourth-order valence-electron chi connectivity index (χ4n) is 2.31. The first-order chi connectivity index (χ1) is 8.16. The molecule has 0 amide bonds. The Labute approximate surface area is 108 Å². The second-order valence-electron chi connectivity index (χ2n) is 4.82. The Kier molecular flexibility index (Phi) is 4.18. The van der Waals surface area contributed by atoms with Crippen LogP contribution in [0.25, 0.3) is 0 Å². The van der Waals surface area contributed by atoms with Crippen LogP contribution in [0.5, 0.6) is 0 Å². The van der Waals surface area contributed by atoms with Crippen LogP contribution < -0.4 is 4.90 Å². The van der Waals surface area contributed by atoms with E-state index >= 15 is 0 Å². The summed E-state index contributed by atoms with van der Waals surface area (Å²) in [5.41, 5.74) is 0. The van der Waals surface area contributed by atoms with E-state index in [1.165, 1.54) is 25.9 Å². The number of anilines is 1. The second-order valence-corrected chi connectivity index (χ2v) is 5.23. The monoisotopic (exact) mass is 254 g/mol. The van der Waals surface area contributed by atoms with E-state index in [1.54, 1.807) is 12.5 Å². The fraction of sp³-hybridized carbons (Fsp3) is 0.667. The van der Waals surface area contributed by atoms with E-state index in [0.717, 1.165) is 18.3 Å². The molecule has 0 spiro atoms. The zero-order valence-corrected chi connectivity index (χ0v) is 11.2. The minimum Gasteiger partial charge on any atom is -0.358 e. The number of rotatable bonds is 3. The molecule has 17 heavy (non-hydrogen) atoms. The van der Waals surface area contributed by atoms with E-state index in [1.807, 2.05) is 7.05 Å². The van der Waals surface area contributed by atoms with Gasteiger partial charge in [0.1, 0.15) is 11.3 Å². The number of hydrogen-bond donors (Lipinski definition) is 0. The van der Waals surface area contributed by atoms with Gasteiger partial charge in [0, 0.05) is 13.6 Å². The molecule has 1 saturated heterocycles. The lowest BCUT2D eigenvalue weighted by Gasteiger charge is -2.32. The molecule has 0 unspecified atom stereocenters. The summed E-state index contributed by atoms with van der Waals surface area (Å²) in [5, 5.41) is 0.628. The van der Waals surface area contributed by atoms with E-state index < -0.39 is 0 Å². The van der Waals surface area contributed by atoms with Crippen molar-refractivity contribution in [2.75, 3.05) is 38.6 Å². The Morgan fingerprint density at radius 1 is 1.47 bits per heavy atom. The Balaban J connectivity index is 1.93. The third kappa shape index (κ3) is 3.30. The molecule has 1 fully saturated rings. The smallest absolute Gasteiger partial charge is 0.150 e. The van der Waals surface area contributed by atoms with Gasteiger partial charge >= 0.3 is 0 Å². The minimum atomic E-state index is 0.628. The topological polar surface area (TPSA) is 32.3 Å². The van der Waals surface area contributed by atoms with Crippen LogP contribution in [0.3, 0.4) is 0 Å². The van der Waals surface area contributed by atoms with Crippen LogP contribution >= 0.6 is 11.6 Å². The number of piperidine rings is 1. The minimum absolute atomic E-state index is 0.628. The van der Waals surface area contributed by atoms with Crippen molar-refractivity contribution >= 4 is 17.4 Å². The average molecular weight is 255 g/mol. The van der Waals surface area contributed by atoms with Crippen molar-refractivity contribution in [2.45, 2.75) is 12.8 Å². The lowest BCUT2D eigenvalue weighted by atomic mass is 9.97. The summed E-state index contributed by atoms with van der Waals surface area (Å²) in [6, 6.07) is 0. The maximum absolute atomic E-state index is 6.09. The van der Waals surface area contributed by atoms with Crippen LogP contribution in [0.15, 0.2) is 12.5 Å². The molecule has 5 heteroatoms. The highest BCUT2D eigenvalue weighted by Gasteiger charge is 2.19. The molecule has 1 aliphatic rings. The first-order valence-corrected chi connectivity index (χ1v) is 6.40. The molecule has 94 valence electrons. The molecular weight excluding hydrogens is 236 g/mol. The van der Waals surface area contributed by atoms with Crippen LogP contribution in [0, 0.1) is 5.92 Å². The lowest BCUT2D eigenvalue weighted by molar-refractivity contribution is 0.222. The van der Waals surface area contributed by atoms with Gasteiger partial charge in [0.2, 0.25) is 0 Å². The van der Waals surface area contributed by atoms with E-state index in [0.29, 0.717) is 5.02 Å². The van der Waals surface area contributed by atoms with Crippen molar-refractivity contribution in [3.63, 3.8) is 0 Å². The highest BCUT2D eigenvalue weighted by molar-refractivity contribution is 6.32. The molecule has 0 N–H and O–H groups in total. The van der Waals surface area contributed by atoms with Gasteiger partial charge in [-0.3, -0.25) is 0 Å². The van der Waals surface area contributed by atoms with Gasteiger partial charge in [-0.25, -0.2) is 9.97 Å². The molecule has 4 nitrogen and oxygen atoms in total. The normalized spacial score (nSPS) is 18.3. The summed E-state index contributed by atoms with van der Waals surface area (Å²) >= 11 is 6.09. The zero-order chi connectivity index (χ0) is 12.3. The maximum atomic E-state index is 6.09. The van der Waals surface area contributed by atoms with Gasteiger partial charge in [-0.1, -0.05) is 11.6 Å². The number of aromatic nitrogens is 2. The molecule has 0 radical (unpaired) electrons. The third-order valence-electron chi connectivity index (χ3n) is 3.38. The van der Waals surface area contributed by atoms with Gasteiger partial charge in [-0.15, -0.1) is 0 Å². The van der Waals surface area contributed by atoms with Gasteiger partial charge in [0.25, 0.3) is 0 Å². The predicted molar refractivity (Wildman–Crippen MR) is 70.5 cm³/mol. The molecule has 1 aromatic rings. The SMILES string of the molecule is CN1CCC(CN(C)c2ncncc2Cl)CC1. The standard InChI is InChI=1S/C12H19ClN4/c1-16-5-3-10(4-6-16)8-17(2)12-11(13)7-14-9-15-12/h7,9-10H,3-6,8H2,1-2H3. The largest absolute Gasteiger partial charge is 0.358 e. The van der Waals surface area contributed by atoms with Crippen molar-refractivity contribution in [3.8, 4) is 0 Å². The number of likely N-dealkylation sites (tertiary alicyclic amines) is 1. The van der Waals surface area contributed by atoms with Crippen LogP contribution in [0.4, 0.5) is 5.82 Å². The summed E-state index contributed by atoms with van der Waals surface area (Å²) in [7, 11) is 4.23. The van der Waals surface area contributed by atoms with E-state index in [4.69, 9.17) is 11.6 Å². The first-order valence-electron chi connectivity index (χ1n) is 6.02. The van der Waals surface area contributed by atoms with Gasteiger partial charge in [-0.05, 0) is 38.9 Å². The Morgan fingerprint density at radius 2 is 2.18 bits per heavy atom. The summed E-state index contributed by atoms with van der Waals surface area (Å²) in [5.74, 6) is 1.57. The molecule has 0 saturated carbocycles. The zero-order valence-electron chi connectivity index (χ0n) is 10.4. The number of nitrogens with zero attached hydrogens (tertiary/aromatic N) is 4. The lowest BCUT2D eigenvalue weighted by Crippen LogP contribution is -2.36. The summed E-state index contributed by atoms with van der Waals surface area (Å²) in [4.78, 5) is 12.7. The molecule has 0 atom stereocenters. The fourth-order valence-corrected chi connectivity index (χ4v) is 2.55. The molecule has 1 aromatic heterocycles. The van der Waals surface area contributed by atoms with Crippen molar-refractivity contribution in [1.29, 1.82) is 0 Å².